The summed E-state index contributed by atoms with van der Waals surface area (Å²) in [4.78, 5) is 49.9. The maximum atomic E-state index is 13.4. The predicted octanol–water partition coefficient (Wildman–Crippen LogP) is 2.11. The second-order valence-corrected chi connectivity index (χ2v) is 10.3. The van der Waals surface area contributed by atoms with Crippen LogP contribution in [0.5, 0.6) is 0 Å². The van der Waals surface area contributed by atoms with Crippen LogP contribution >= 0.6 is 0 Å². The van der Waals surface area contributed by atoms with E-state index < -0.39 is 12.1 Å². The lowest BCUT2D eigenvalue weighted by molar-refractivity contribution is -0.140. The summed E-state index contributed by atoms with van der Waals surface area (Å²) in [5.74, 6) is 0.517. The smallest absolute Gasteiger partial charge is 0.328 e. The van der Waals surface area contributed by atoms with Gasteiger partial charge in [-0.1, -0.05) is 0 Å². The van der Waals surface area contributed by atoms with E-state index in [-0.39, 0.29) is 36.1 Å². The fourth-order valence-electron chi connectivity index (χ4n) is 5.35. The van der Waals surface area contributed by atoms with Crippen LogP contribution in [0.25, 0.3) is 0 Å². The lowest BCUT2D eigenvalue weighted by Crippen LogP contribution is -2.40. The molecule has 5 rings (SSSR count). The molecule has 2 fully saturated rings. The number of aromatic nitrogens is 2. The summed E-state index contributed by atoms with van der Waals surface area (Å²) in [6.45, 7) is 2.04. The number of methoxy groups -OCH3 is 1. The fourth-order valence-corrected chi connectivity index (χ4v) is 5.35. The van der Waals surface area contributed by atoms with Crippen molar-refractivity contribution in [3.8, 4) is 6.07 Å². The Bertz CT molecular complexity index is 1360. The fraction of sp³-hybridized carbons (Fsp3) is 0.500. The SMILES string of the molecule is CO[C@@H]1COCC1Nc1cc(NC(=O)N2CCCc3cc(CN(C)C(=O)[C@H]4CCCO4)c(C=O)nc32)ncc1C#N. The van der Waals surface area contributed by atoms with Crippen LogP contribution in [0.4, 0.5) is 22.1 Å². The first-order chi connectivity index (χ1) is 19.9. The van der Waals surface area contributed by atoms with Gasteiger partial charge in [-0.25, -0.2) is 14.8 Å². The van der Waals surface area contributed by atoms with Crippen LogP contribution in [0, 0.1) is 11.3 Å². The van der Waals surface area contributed by atoms with E-state index in [2.05, 4.69) is 26.7 Å². The number of hydrogen-bond donors (Lipinski definition) is 2. The summed E-state index contributed by atoms with van der Waals surface area (Å²) in [5.41, 5.74) is 2.42. The second kappa shape index (κ2) is 12.6. The van der Waals surface area contributed by atoms with Crippen molar-refractivity contribution in [2.75, 3.05) is 56.1 Å². The Morgan fingerprint density at radius 2 is 2.17 bits per heavy atom. The van der Waals surface area contributed by atoms with Gasteiger partial charge in [-0.05, 0) is 37.3 Å². The van der Waals surface area contributed by atoms with E-state index in [9.17, 15) is 19.6 Å². The molecule has 0 aromatic carbocycles. The minimum atomic E-state index is -0.462. The molecule has 0 aliphatic carbocycles. The third kappa shape index (κ3) is 6.14. The molecule has 13 heteroatoms. The molecule has 3 aliphatic heterocycles. The lowest BCUT2D eigenvalue weighted by atomic mass is 10.0. The molecular formula is C28H33N7O6. The number of nitrogens with one attached hydrogen (secondary N) is 2. The van der Waals surface area contributed by atoms with Gasteiger partial charge in [0.05, 0.1) is 30.5 Å². The quantitative estimate of drug-likeness (QED) is 0.456. The van der Waals surface area contributed by atoms with E-state index in [1.54, 1.807) is 25.1 Å². The third-order valence-corrected chi connectivity index (χ3v) is 7.55. The normalized spacial score (nSPS) is 21.6. The number of carbonyl (C=O) groups excluding carboxylic acids is 3. The number of rotatable bonds is 8. The number of amides is 3. The summed E-state index contributed by atoms with van der Waals surface area (Å²) < 4.78 is 16.4. The Labute approximate surface area is 237 Å². The molecule has 41 heavy (non-hydrogen) atoms. The van der Waals surface area contributed by atoms with Crippen molar-refractivity contribution in [3.63, 3.8) is 0 Å². The van der Waals surface area contributed by atoms with Crippen LogP contribution in [-0.2, 0) is 32.0 Å². The van der Waals surface area contributed by atoms with E-state index in [1.165, 1.54) is 11.1 Å². The molecule has 3 aliphatic rings. The summed E-state index contributed by atoms with van der Waals surface area (Å²) >= 11 is 0. The molecule has 13 nitrogen and oxygen atoms in total. The van der Waals surface area contributed by atoms with Crippen LogP contribution in [0.15, 0.2) is 18.3 Å². The van der Waals surface area contributed by atoms with E-state index in [1.807, 2.05) is 6.07 Å². The van der Waals surface area contributed by atoms with Crippen molar-refractivity contribution in [1.82, 2.24) is 14.9 Å². The summed E-state index contributed by atoms with van der Waals surface area (Å²) in [7, 11) is 3.28. The minimum Gasteiger partial charge on any atom is -0.377 e. The van der Waals surface area contributed by atoms with Crippen molar-refractivity contribution in [3.05, 3.63) is 40.7 Å². The molecule has 2 N–H and O–H groups in total. The van der Waals surface area contributed by atoms with Gasteiger partial charge in [-0.15, -0.1) is 0 Å². The Morgan fingerprint density at radius 1 is 1.32 bits per heavy atom. The molecule has 0 radical (unpaired) electrons. The molecule has 1 unspecified atom stereocenters. The number of hydrogen-bond acceptors (Lipinski definition) is 10. The van der Waals surface area contributed by atoms with E-state index in [4.69, 9.17) is 14.2 Å². The molecule has 2 saturated heterocycles. The van der Waals surface area contributed by atoms with Gasteiger partial charge in [0.2, 0.25) is 0 Å². The number of carbonyl (C=O) groups is 3. The molecule has 3 amide bonds. The number of ether oxygens (including phenoxy) is 3. The van der Waals surface area contributed by atoms with Crippen LogP contribution in [0.2, 0.25) is 0 Å². The second-order valence-electron chi connectivity index (χ2n) is 10.3. The standard InChI is InChI=1S/C28H33N7O6/c1-34(27(37)23-6-4-8-41-23)13-18-9-17-5-3-7-35(26(17)32-21(18)14-36)28(38)33-25-10-20(19(11-29)12-30-25)31-22-15-40-16-24(22)39-2/h9-10,12,14,22-24H,3-8,13,15-16H2,1-2H3,(H2,30,31,33,38)/t22?,23-,24-/m1/s1. The van der Waals surface area contributed by atoms with Gasteiger partial charge in [0.25, 0.3) is 5.91 Å². The lowest BCUT2D eigenvalue weighted by Gasteiger charge is -2.30. The van der Waals surface area contributed by atoms with Crippen LogP contribution in [-0.4, -0.2) is 91.9 Å². The summed E-state index contributed by atoms with van der Waals surface area (Å²) in [5, 5.41) is 15.6. The number of anilines is 3. The van der Waals surface area contributed by atoms with Crippen LogP contribution in [0.3, 0.4) is 0 Å². The van der Waals surface area contributed by atoms with Crippen molar-refractivity contribution in [2.45, 2.75) is 50.5 Å². The number of nitrogens with zero attached hydrogens (tertiary/aromatic N) is 5. The largest absolute Gasteiger partial charge is 0.377 e. The number of aldehydes is 1. The highest BCUT2D eigenvalue weighted by atomic mass is 16.5. The summed E-state index contributed by atoms with van der Waals surface area (Å²) in [6, 6.07) is 4.93. The van der Waals surface area contributed by atoms with Gasteiger partial charge in [-0.2, -0.15) is 5.26 Å². The van der Waals surface area contributed by atoms with Crippen molar-refractivity contribution in [1.29, 1.82) is 5.26 Å². The number of urea groups is 1. The van der Waals surface area contributed by atoms with Crippen LogP contribution < -0.4 is 15.5 Å². The Balaban J connectivity index is 1.33. The number of likely N-dealkylation sites (N-methyl/N-ethyl adjacent to an activating group) is 1. The first-order valence-corrected chi connectivity index (χ1v) is 13.6. The molecule has 3 atom stereocenters. The van der Waals surface area contributed by atoms with Gasteiger partial charge in [0, 0.05) is 51.7 Å². The van der Waals surface area contributed by atoms with Gasteiger partial charge >= 0.3 is 6.03 Å². The molecule has 5 heterocycles. The third-order valence-electron chi connectivity index (χ3n) is 7.55. The molecule has 0 spiro atoms. The highest BCUT2D eigenvalue weighted by Crippen LogP contribution is 2.29. The van der Waals surface area contributed by atoms with Crippen molar-refractivity contribution < 1.29 is 28.6 Å². The maximum Gasteiger partial charge on any atom is 0.328 e. The monoisotopic (exact) mass is 563 g/mol. The summed E-state index contributed by atoms with van der Waals surface area (Å²) in [6.07, 6.45) is 4.31. The topological polar surface area (TPSA) is 159 Å². The zero-order valence-corrected chi connectivity index (χ0v) is 23.1. The average molecular weight is 564 g/mol. The molecular weight excluding hydrogens is 530 g/mol. The molecule has 216 valence electrons. The predicted molar refractivity (Wildman–Crippen MR) is 148 cm³/mol. The van der Waals surface area contributed by atoms with E-state index in [0.717, 1.165) is 12.0 Å². The highest BCUT2D eigenvalue weighted by molar-refractivity contribution is 6.02. The van der Waals surface area contributed by atoms with Gasteiger partial charge < -0.3 is 24.4 Å². The zero-order chi connectivity index (χ0) is 28.9. The molecule has 2 aromatic heterocycles. The Kier molecular flexibility index (Phi) is 8.72. The van der Waals surface area contributed by atoms with Crippen LogP contribution in [0.1, 0.15) is 46.4 Å². The average Bonchev–Trinajstić information content (AvgIpc) is 3.68. The number of fused-ring (bicyclic) bond motifs is 1. The Hall–Kier alpha value is -4.12. The highest BCUT2D eigenvalue weighted by Gasteiger charge is 2.31. The molecule has 2 aromatic rings. The number of pyridine rings is 2. The Morgan fingerprint density at radius 3 is 2.90 bits per heavy atom. The van der Waals surface area contributed by atoms with Gasteiger partial charge in [0.15, 0.2) is 6.29 Å². The van der Waals surface area contributed by atoms with Gasteiger partial charge in [0.1, 0.15) is 35.6 Å². The number of nitriles is 1. The molecule has 0 bridgehead atoms. The van der Waals surface area contributed by atoms with Gasteiger partial charge in [-0.3, -0.25) is 19.8 Å². The minimum absolute atomic E-state index is 0.125. The maximum absolute atomic E-state index is 13.4. The molecule has 0 saturated carbocycles. The number of aryl methyl sites for hydroxylation is 1. The first kappa shape index (κ1) is 28.4. The first-order valence-electron chi connectivity index (χ1n) is 13.6. The van der Waals surface area contributed by atoms with Crippen molar-refractivity contribution in [2.24, 2.45) is 0 Å². The van der Waals surface area contributed by atoms with E-state index >= 15 is 0 Å². The van der Waals surface area contributed by atoms with E-state index in [0.29, 0.717) is 74.5 Å². The van der Waals surface area contributed by atoms with Crippen molar-refractivity contribution >= 4 is 35.5 Å². The zero-order valence-electron chi connectivity index (χ0n) is 23.1.